The Morgan fingerprint density at radius 3 is 2.11 bits per heavy atom. The van der Waals surface area contributed by atoms with Gasteiger partial charge in [-0.25, -0.2) is 32.7 Å². The molecule has 1 aliphatic heterocycles. The molecule has 3 heterocycles. The Kier molecular flexibility index (Phi) is 12.4. The van der Waals surface area contributed by atoms with Crippen LogP contribution in [0.2, 0.25) is 0 Å². The van der Waals surface area contributed by atoms with Gasteiger partial charge in [-0.15, -0.1) is 0 Å². The quantitative estimate of drug-likeness (QED) is 0.130. The highest BCUT2D eigenvalue weighted by molar-refractivity contribution is 7.48. The van der Waals surface area contributed by atoms with Crippen molar-refractivity contribution in [2.75, 3.05) is 25.9 Å². The normalized spacial score (nSPS) is 21.0. The van der Waals surface area contributed by atoms with Gasteiger partial charge in [0, 0.05) is 11.8 Å². The minimum Gasteiger partial charge on any atom is -0.481 e. The molecule has 0 amide bonds. The molecule has 1 fully saturated rings. The summed E-state index contributed by atoms with van der Waals surface area (Å²) >= 11 is 0. The van der Waals surface area contributed by atoms with Crippen molar-refractivity contribution in [2.45, 2.75) is 64.4 Å². The summed E-state index contributed by atoms with van der Waals surface area (Å²) in [5, 5.41) is 34.1. The van der Waals surface area contributed by atoms with Crippen LogP contribution in [0.25, 0.3) is 5.52 Å². The summed E-state index contributed by atoms with van der Waals surface area (Å²) in [5.41, 5.74) is 4.05. The maximum Gasteiger partial charge on any atom is 0.510 e. The summed E-state index contributed by atoms with van der Waals surface area (Å²) in [6.45, 7) is 3.27. The number of anilines is 1. The van der Waals surface area contributed by atoms with E-state index in [1.165, 1.54) is 16.6 Å². The maximum absolute atomic E-state index is 13.5. The average molecular weight is 688 g/mol. The number of ether oxygens (including phenoxy) is 5. The van der Waals surface area contributed by atoms with Gasteiger partial charge >= 0.3 is 32.1 Å². The summed E-state index contributed by atoms with van der Waals surface area (Å²) in [6.07, 6.45) is -5.30. The fraction of sp³-hybridized carbons (Fsp3) is 0.577. The zero-order valence-electron chi connectivity index (χ0n) is 25.7. The predicted molar refractivity (Wildman–Crippen MR) is 152 cm³/mol. The lowest BCUT2D eigenvalue weighted by Crippen LogP contribution is -2.36. The van der Waals surface area contributed by atoms with Crippen molar-refractivity contribution in [3.05, 3.63) is 24.2 Å². The molecule has 2 aromatic heterocycles. The second kappa shape index (κ2) is 15.8. The third kappa shape index (κ3) is 9.49. The van der Waals surface area contributed by atoms with Crippen molar-refractivity contribution in [1.29, 1.82) is 5.26 Å². The van der Waals surface area contributed by atoms with Crippen molar-refractivity contribution in [3.63, 3.8) is 0 Å². The van der Waals surface area contributed by atoms with Gasteiger partial charge in [-0.05, 0) is 39.8 Å². The van der Waals surface area contributed by atoms with Crippen LogP contribution < -0.4 is 5.73 Å². The van der Waals surface area contributed by atoms with Crippen LogP contribution in [0.15, 0.2) is 18.5 Å². The largest absolute Gasteiger partial charge is 0.510 e. The molecule has 258 valence electrons. The molecule has 20 nitrogen and oxygen atoms in total. The number of hydrogen-bond donors (Lipinski definition) is 3. The Hall–Kier alpha value is -4.54. The topological polar surface area (TPSA) is 280 Å². The number of rotatable bonds is 16. The summed E-state index contributed by atoms with van der Waals surface area (Å²) in [4.78, 5) is 51.3. The average Bonchev–Trinajstić information content (AvgIpc) is 3.52. The van der Waals surface area contributed by atoms with E-state index in [-0.39, 0.29) is 17.0 Å². The Labute approximate surface area is 267 Å². The Balaban J connectivity index is 1.93. The van der Waals surface area contributed by atoms with E-state index in [9.17, 15) is 39.2 Å². The van der Waals surface area contributed by atoms with Crippen molar-refractivity contribution < 1.29 is 71.2 Å². The third-order valence-corrected chi connectivity index (χ3v) is 7.83. The van der Waals surface area contributed by atoms with E-state index in [0.29, 0.717) is 0 Å². The van der Waals surface area contributed by atoms with Crippen LogP contribution in [0, 0.1) is 23.2 Å². The van der Waals surface area contributed by atoms with Crippen LogP contribution in [0.4, 0.5) is 15.4 Å². The summed E-state index contributed by atoms with van der Waals surface area (Å²) in [7, 11) is -4.85. The molecule has 1 aliphatic rings. The maximum atomic E-state index is 13.5. The highest BCUT2D eigenvalue weighted by Gasteiger charge is 2.59. The van der Waals surface area contributed by atoms with E-state index in [2.05, 4.69) is 10.1 Å². The van der Waals surface area contributed by atoms with Gasteiger partial charge in [0.2, 0.25) is 13.6 Å². The van der Waals surface area contributed by atoms with E-state index in [0.717, 1.165) is 6.33 Å². The number of fused-ring (bicyclic) bond motifs is 1. The fourth-order valence-corrected chi connectivity index (χ4v) is 5.67. The summed E-state index contributed by atoms with van der Waals surface area (Å²) < 4.78 is 55.3. The van der Waals surface area contributed by atoms with Crippen molar-refractivity contribution in [1.82, 2.24) is 14.6 Å². The molecule has 0 radical (unpaired) electrons. The summed E-state index contributed by atoms with van der Waals surface area (Å²) in [6, 6.07) is 4.84. The van der Waals surface area contributed by atoms with E-state index < -0.39 is 101 Å². The van der Waals surface area contributed by atoms with E-state index >= 15 is 0 Å². The molecule has 0 unspecified atom stereocenters. The molecule has 0 spiro atoms. The molecule has 0 aromatic carbocycles. The number of nitrogen functional groups attached to an aromatic ring is 1. The fourth-order valence-electron chi connectivity index (χ4n) is 4.75. The lowest BCUT2D eigenvalue weighted by molar-refractivity contribution is -0.142. The van der Waals surface area contributed by atoms with Crippen LogP contribution in [0.5, 0.6) is 0 Å². The second-order valence-electron chi connectivity index (χ2n) is 10.5. The van der Waals surface area contributed by atoms with Gasteiger partial charge in [0.1, 0.15) is 17.9 Å². The first-order valence-corrected chi connectivity index (χ1v) is 15.4. The molecule has 4 N–H and O–H groups in total. The number of nitrogens with zero attached hydrogens (tertiary/aromatic N) is 4. The minimum atomic E-state index is -4.85. The number of aromatic nitrogens is 3. The number of phosphoric ester groups is 1. The van der Waals surface area contributed by atoms with E-state index in [1.54, 1.807) is 27.7 Å². The molecule has 1 saturated heterocycles. The SMILES string of the molecule is CC(C)OC(=O)OCOP(=O)(OCOC(=O)OC(C)C)OC[C@@H]1O[C@@](C#N)(c2ccc3c(N)ncnn23)[C@H](CC(=O)O)[C@H]1CC(=O)O. The van der Waals surface area contributed by atoms with Gasteiger partial charge in [0.05, 0.1) is 43.5 Å². The smallest absolute Gasteiger partial charge is 0.481 e. The highest BCUT2D eigenvalue weighted by atomic mass is 31.2. The van der Waals surface area contributed by atoms with Crippen molar-refractivity contribution >= 4 is 43.4 Å². The molecule has 0 aliphatic carbocycles. The molecule has 21 heteroatoms. The number of hydrogen-bond acceptors (Lipinski definition) is 17. The lowest BCUT2D eigenvalue weighted by atomic mass is 9.75. The van der Waals surface area contributed by atoms with Gasteiger partial charge < -0.3 is 39.6 Å². The zero-order chi connectivity index (χ0) is 34.9. The number of nitrogens with two attached hydrogens (primary N) is 1. The van der Waals surface area contributed by atoms with Crippen molar-refractivity contribution in [2.24, 2.45) is 11.8 Å². The van der Waals surface area contributed by atoms with Gasteiger partial charge in [-0.2, -0.15) is 10.4 Å². The van der Waals surface area contributed by atoms with Gasteiger partial charge in [-0.1, -0.05) is 0 Å². The van der Waals surface area contributed by atoms with E-state index in [4.69, 9.17) is 43.0 Å². The first-order chi connectivity index (χ1) is 22.1. The standard InChI is InChI=1S/C26H34N5O15P/c1-14(2)44-24(36)39-12-42-47(38,43-13-40-25(37)45-15(3)4)41-9-19-16(7-21(32)33)17(8-22(34)35)26(10-27,46-19)20-6-5-18-23(28)29-11-30-31(18)20/h5-6,11,14-17,19H,7-9,12-13H2,1-4H3,(H,32,33)(H,34,35)(H2,28,29,30)/t16-,17-,19+,26-/m1/s1. The zero-order valence-corrected chi connectivity index (χ0v) is 26.6. The molecule has 4 atom stereocenters. The third-order valence-electron chi connectivity index (χ3n) is 6.52. The number of carbonyl (C=O) groups excluding carboxylic acids is 2. The van der Waals surface area contributed by atoms with Gasteiger partial charge in [0.25, 0.3) is 0 Å². The van der Waals surface area contributed by atoms with Crippen molar-refractivity contribution in [3.8, 4) is 6.07 Å². The minimum absolute atomic E-state index is 0.0121. The molecule has 0 saturated carbocycles. The number of carboxylic acids is 2. The van der Waals surface area contributed by atoms with Crippen LogP contribution in [0.3, 0.4) is 0 Å². The molecule has 2 aromatic rings. The first kappa shape index (κ1) is 36.9. The first-order valence-electron chi connectivity index (χ1n) is 13.9. The number of phosphoric acid groups is 1. The number of nitriles is 1. The predicted octanol–water partition coefficient (Wildman–Crippen LogP) is 2.81. The molecular weight excluding hydrogens is 653 g/mol. The number of carboxylic acid groups (broad SMARTS) is 2. The lowest BCUT2D eigenvalue weighted by Gasteiger charge is -2.28. The molecule has 47 heavy (non-hydrogen) atoms. The van der Waals surface area contributed by atoms with Crippen LogP contribution in [-0.2, 0) is 57.0 Å². The Bertz CT molecular complexity index is 1510. The molecule has 0 bridgehead atoms. The van der Waals surface area contributed by atoms with Gasteiger partial charge in [-0.3, -0.25) is 14.1 Å². The second-order valence-corrected chi connectivity index (χ2v) is 12.2. The highest BCUT2D eigenvalue weighted by Crippen LogP contribution is 2.54. The van der Waals surface area contributed by atoms with Crippen LogP contribution in [-0.4, -0.2) is 87.6 Å². The molecule has 3 rings (SSSR count). The Morgan fingerprint density at radius 1 is 1.02 bits per heavy atom. The Morgan fingerprint density at radius 2 is 1.60 bits per heavy atom. The number of aliphatic carboxylic acids is 2. The number of carbonyl (C=O) groups is 4. The van der Waals surface area contributed by atoms with E-state index in [1.807, 2.05) is 6.07 Å². The summed E-state index contributed by atoms with van der Waals surface area (Å²) in [5.74, 6) is -5.28. The van der Waals surface area contributed by atoms with Crippen LogP contribution in [0.1, 0.15) is 46.2 Å². The monoisotopic (exact) mass is 687 g/mol. The van der Waals surface area contributed by atoms with Crippen LogP contribution >= 0.6 is 7.82 Å². The van der Waals surface area contributed by atoms with Gasteiger partial charge in [0.15, 0.2) is 11.4 Å². The molecular formula is C26H34N5O15P.